The Labute approximate surface area is 186 Å². The van der Waals surface area contributed by atoms with Crippen LogP contribution in [0, 0.1) is 5.41 Å². The standard InChI is InChI=1S/C25H24ClN3O2/c1-2-18-7-6-10-22-24(18)28(15-16-31-21-8-4-3-5-9-21)25(27)29(22)17-23(30)19-11-13-20(26)14-12-19/h3-14,27H,2,15-17H2,1H3. The number of carbonyl (C=O) groups is 1. The van der Waals surface area contributed by atoms with Gasteiger partial charge >= 0.3 is 0 Å². The number of para-hydroxylation sites is 2. The molecule has 0 saturated carbocycles. The molecule has 0 saturated heterocycles. The Kier molecular flexibility index (Phi) is 6.23. The number of imidazole rings is 1. The summed E-state index contributed by atoms with van der Waals surface area (Å²) in [6.45, 7) is 3.14. The van der Waals surface area contributed by atoms with Gasteiger partial charge in [-0.3, -0.25) is 10.2 Å². The summed E-state index contributed by atoms with van der Waals surface area (Å²) in [5.41, 5.74) is 3.87. The van der Waals surface area contributed by atoms with Crippen LogP contribution in [0.2, 0.25) is 5.02 Å². The van der Waals surface area contributed by atoms with Crippen molar-refractivity contribution in [1.82, 2.24) is 9.13 Å². The van der Waals surface area contributed by atoms with E-state index in [0.717, 1.165) is 28.8 Å². The lowest BCUT2D eigenvalue weighted by atomic mass is 10.1. The van der Waals surface area contributed by atoms with Crippen LogP contribution in [0.4, 0.5) is 0 Å². The average molecular weight is 434 g/mol. The topological polar surface area (TPSA) is 60.0 Å². The van der Waals surface area contributed by atoms with Crippen LogP contribution in [0.15, 0.2) is 72.8 Å². The maximum absolute atomic E-state index is 12.9. The molecule has 1 N–H and O–H groups in total. The number of nitrogens with zero attached hydrogens (tertiary/aromatic N) is 2. The normalized spacial score (nSPS) is 11.0. The minimum atomic E-state index is -0.0587. The first-order valence-electron chi connectivity index (χ1n) is 10.3. The predicted octanol–water partition coefficient (Wildman–Crippen LogP) is 5.10. The summed E-state index contributed by atoms with van der Waals surface area (Å²) < 4.78 is 9.57. The zero-order valence-electron chi connectivity index (χ0n) is 17.3. The van der Waals surface area contributed by atoms with Gasteiger partial charge in [-0.05, 0) is 54.4 Å². The Bertz CT molecular complexity index is 1260. The molecule has 0 radical (unpaired) electrons. The minimum Gasteiger partial charge on any atom is -0.492 e. The van der Waals surface area contributed by atoms with Gasteiger partial charge in [0, 0.05) is 10.6 Å². The Morgan fingerprint density at radius 1 is 0.968 bits per heavy atom. The molecule has 0 atom stereocenters. The fourth-order valence-electron chi connectivity index (χ4n) is 3.78. The number of halogens is 1. The van der Waals surface area contributed by atoms with Crippen LogP contribution in [0.5, 0.6) is 5.75 Å². The first-order valence-corrected chi connectivity index (χ1v) is 10.7. The number of ether oxygens (including phenoxy) is 1. The highest BCUT2D eigenvalue weighted by Crippen LogP contribution is 2.20. The molecule has 3 aromatic carbocycles. The molecular formula is C25H24ClN3O2. The number of Topliss-reactive ketones (excluding diaryl/α,β-unsaturated/α-hetero) is 1. The van der Waals surface area contributed by atoms with Crippen molar-refractivity contribution in [1.29, 1.82) is 5.41 Å². The van der Waals surface area contributed by atoms with Crippen molar-refractivity contribution in [2.45, 2.75) is 26.4 Å². The van der Waals surface area contributed by atoms with Gasteiger partial charge in [-0.1, -0.05) is 48.9 Å². The maximum Gasteiger partial charge on any atom is 0.203 e. The molecule has 31 heavy (non-hydrogen) atoms. The first-order chi connectivity index (χ1) is 15.1. The molecule has 4 aromatic rings. The van der Waals surface area contributed by atoms with Crippen molar-refractivity contribution < 1.29 is 9.53 Å². The van der Waals surface area contributed by atoms with E-state index in [4.69, 9.17) is 21.7 Å². The summed E-state index contributed by atoms with van der Waals surface area (Å²) >= 11 is 5.95. The molecule has 1 aromatic heterocycles. The van der Waals surface area contributed by atoms with Gasteiger partial charge in [0.25, 0.3) is 0 Å². The number of benzene rings is 3. The predicted molar refractivity (Wildman–Crippen MR) is 123 cm³/mol. The molecule has 0 spiro atoms. The van der Waals surface area contributed by atoms with Gasteiger partial charge in [-0.2, -0.15) is 0 Å². The quantitative estimate of drug-likeness (QED) is 0.393. The number of hydrogen-bond acceptors (Lipinski definition) is 3. The number of rotatable bonds is 8. The molecule has 158 valence electrons. The number of aryl methyl sites for hydroxylation is 1. The van der Waals surface area contributed by atoms with Gasteiger partial charge in [-0.15, -0.1) is 0 Å². The summed E-state index contributed by atoms with van der Waals surface area (Å²) in [6, 6.07) is 22.5. The molecular weight excluding hydrogens is 410 g/mol. The molecule has 0 aliphatic rings. The highest BCUT2D eigenvalue weighted by atomic mass is 35.5. The number of carbonyl (C=O) groups excluding carboxylic acids is 1. The molecule has 0 unspecified atom stereocenters. The average Bonchev–Trinajstić information content (AvgIpc) is 3.06. The van der Waals surface area contributed by atoms with Crippen LogP contribution in [0.3, 0.4) is 0 Å². The lowest BCUT2D eigenvalue weighted by Gasteiger charge is -2.09. The third kappa shape index (κ3) is 4.42. The van der Waals surface area contributed by atoms with Crippen molar-refractivity contribution in [2.24, 2.45) is 0 Å². The fraction of sp³-hybridized carbons (Fsp3) is 0.200. The number of aromatic nitrogens is 2. The molecule has 0 bridgehead atoms. The van der Waals surface area contributed by atoms with E-state index in [9.17, 15) is 4.79 Å². The van der Waals surface area contributed by atoms with Gasteiger partial charge in [0.1, 0.15) is 12.4 Å². The van der Waals surface area contributed by atoms with Gasteiger partial charge in [0.15, 0.2) is 5.78 Å². The second-order valence-corrected chi connectivity index (χ2v) is 7.73. The van der Waals surface area contributed by atoms with Crippen molar-refractivity contribution in [2.75, 3.05) is 6.61 Å². The highest BCUT2D eigenvalue weighted by molar-refractivity contribution is 6.30. The molecule has 0 aliphatic heterocycles. The van der Waals surface area contributed by atoms with Gasteiger partial charge in [0.2, 0.25) is 5.62 Å². The third-order valence-corrected chi connectivity index (χ3v) is 5.60. The van der Waals surface area contributed by atoms with Gasteiger partial charge in [0.05, 0.1) is 24.1 Å². The number of ketones is 1. The summed E-state index contributed by atoms with van der Waals surface area (Å²) in [5.74, 6) is 0.739. The van der Waals surface area contributed by atoms with E-state index in [1.54, 1.807) is 28.8 Å². The van der Waals surface area contributed by atoms with Crippen molar-refractivity contribution in [3.05, 3.63) is 94.6 Å². The largest absolute Gasteiger partial charge is 0.492 e. The summed E-state index contributed by atoms with van der Waals surface area (Å²) in [5, 5.41) is 9.41. The van der Waals surface area contributed by atoms with E-state index in [-0.39, 0.29) is 17.9 Å². The van der Waals surface area contributed by atoms with Crippen molar-refractivity contribution in [3.8, 4) is 5.75 Å². The molecule has 6 heteroatoms. The van der Waals surface area contributed by atoms with E-state index in [2.05, 4.69) is 13.0 Å². The number of fused-ring (bicyclic) bond motifs is 1. The van der Waals surface area contributed by atoms with Crippen LogP contribution in [0.25, 0.3) is 11.0 Å². The Balaban J connectivity index is 1.67. The Morgan fingerprint density at radius 3 is 2.42 bits per heavy atom. The van der Waals surface area contributed by atoms with Gasteiger partial charge < -0.3 is 13.9 Å². The second kappa shape index (κ2) is 9.23. The first kappa shape index (κ1) is 20.9. The van der Waals surface area contributed by atoms with Crippen molar-refractivity contribution >= 4 is 28.4 Å². The summed E-state index contributed by atoms with van der Waals surface area (Å²) in [6.07, 6.45) is 0.839. The number of hydrogen-bond donors (Lipinski definition) is 1. The van der Waals surface area contributed by atoms with E-state index in [0.29, 0.717) is 23.7 Å². The highest BCUT2D eigenvalue weighted by Gasteiger charge is 2.17. The van der Waals surface area contributed by atoms with E-state index >= 15 is 0 Å². The molecule has 0 amide bonds. The molecule has 1 heterocycles. The summed E-state index contributed by atoms with van der Waals surface area (Å²) in [4.78, 5) is 12.9. The van der Waals surface area contributed by atoms with Crippen LogP contribution in [0.1, 0.15) is 22.8 Å². The second-order valence-electron chi connectivity index (χ2n) is 7.29. The molecule has 5 nitrogen and oxygen atoms in total. The smallest absolute Gasteiger partial charge is 0.203 e. The summed E-state index contributed by atoms with van der Waals surface area (Å²) in [7, 11) is 0. The lowest BCUT2D eigenvalue weighted by molar-refractivity contribution is 0.0971. The van der Waals surface area contributed by atoms with Crippen LogP contribution >= 0.6 is 11.6 Å². The van der Waals surface area contributed by atoms with E-state index < -0.39 is 0 Å². The van der Waals surface area contributed by atoms with E-state index in [1.807, 2.05) is 47.0 Å². The molecule has 4 rings (SSSR count). The maximum atomic E-state index is 12.9. The molecule has 0 fully saturated rings. The minimum absolute atomic E-state index is 0.0587. The van der Waals surface area contributed by atoms with Crippen molar-refractivity contribution in [3.63, 3.8) is 0 Å². The molecule has 0 aliphatic carbocycles. The SMILES string of the molecule is CCc1cccc2c1n(CCOc1ccccc1)c(=N)n2CC(=O)c1ccc(Cl)cc1. The Morgan fingerprint density at radius 2 is 1.71 bits per heavy atom. The van der Waals surface area contributed by atoms with E-state index in [1.165, 1.54) is 0 Å². The Hall–Kier alpha value is -3.31. The van der Waals surface area contributed by atoms with Crippen LogP contribution in [-0.4, -0.2) is 21.5 Å². The lowest BCUT2D eigenvalue weighted by Crippen LogP contribution is -2.28. The third-order valence-electron chi connectivity index (χ3n) is 5.35. The monoisotopic (exact) mass is 433 g/mol. The van der Waals surface area contributed by atoms with Gasteiger partial charge in [-0.25, -0.2) is 0 Å². The fourth-order valence-corrected chi connectivity index (χ4v) is 3.90. The zero-order chi connectivity index (χ0) is 21.8. The zero-order valence-corrected chi connectivity index (χ0v) is 18.1. The van der Waals surface area contributed by atoms with Crippen LogP contribution in [-0.2, 0) is 19.5 Å². The van der Waals surface area contributed by atoms with Crippen LogP contribution < -0.4 is 10.4 Å². The number of nitrogens with one attached hydrogen (secondary N) is 1.